The van der Waals surface area contributed by atoms with Crippen LogP contribution < -0.4 is 9.47 Å². The maximum absolute atomic E-state index is 12.7. The van der Waals surface area contributed by atoms with Crippen molar-refractivity contribution in [3.05, 3.63) is 83.5 Å². The van der Waals surface area contributed by atoms with Crippen LogP contribution in [0.2, 0.25) is 5.02 Å². The summed E-state index contributed by atoms with van der Waals surface area (Å²) in [6.45, 7) is 9.19. The number of rotatable bonds is 11. The number of unbranched alkanes of at least 4 members (excludes halogenated alkanes) is 1. The smallest absolute Gasteiger partial charge is 0.492 e. The summed E-state index contributed by atoms with van der Waals surface area (Å²) in [6, 6.07) is 20.0. The Balaban J connectivity index is 1.28. The molecule has 218 valence electrons. The first kappa shape index (κ1) is 29.3. The quantitative estimate of drug-likeness (QED) is 0.179. The van der Waals surface area contributed by atoms with Crippen molar-refractivity contribution in [2.45, 2.75) is 39.2 Å². The largest absolute Gasteiger partial charge is 0.573 e. The van der Waals surface area contributed by atoms with Crippen LogP contribution in [0, 0.1) is 0 Å². The third-order valence-corrected chi connectivity index (χ3v) is 7.74. The van der Waals surface area contributed by atoms with E-state index in [9.17, 15) is 13.2 Å². The van der Waals surface area contributed by atoms with Crippen molar-refractivity contribution in [3.8, 4) is 22.6 Å². The third-order valence-electron chi connectivity index (χ3n) is 7.49. The molecule has 1 fully saturated rings. The lowest BCUT2D eigenvalue weighted by Gasteiger charge is -2.34. The lowest BCUT2D eigenvalue weighted by molar-refractivity contribution is -0.274. The molecule has 5 rings (SSSR count). The van der Waals surface area contributed by atoms with E-state index in [0.29, 0.717) is 11.6 Å². The van der Waals surface area contributed by atoms with Crippen LogP contribution in [0.15, 0.2) is 72.9 Å². The summed E-state index contributed by atoms with van der Waals surface area (Å²) in [5, 5.41) is 1.86. The van der Waals surface area contributed by atoms with Crippen molar-refractivity contribution in [3.63, 3.8) is 0 Å². The standard InChI is InChI=1S/C32H35ClF3N3O2/c1-2-3-15-39-23-29(24-7-11-28(12-8-24)41-32(34,35)36)31-25(5-4-6-30(31)39)22-38-18-16-37(17-19-38)20-21-40-27-13-9-26(33)10-14-27/h4-14,23H,2-3,15-22H2,1H3. The second-order valence-electron chi connectivity index (χ2n) is 10.4. The van der Waals surface area contributed by atoms with Gasteiger partial charge in [0, 0.05) is 73.5 Å². The Morgan fingerprint density at radius 1 is 0.829 bits per heavy atom. The van der Waals surface area contributed by atoms with Crippen molar-refractivity contribution in [1.29, 1.82) is 0 Å². The topological polar surface area (TPSA) is 29.9 Å². The molecule has 41 heavy (non-hydrogen) atoms. The molecule has 0 radical (unpaired) electrons. The molecule has 0 spiro atoms. The Labute approximate surface area is 244 Å². The average molecular weight is 586 g/mol. The lowest BCUT2D eigenvalue weighted by Crippen LogP contribution is -2.47. The van der Waals surface area contributed by atoms with E-state index in [-0.39, 0.29) is 5.75 Å². The van der Waals surface area contributed by atoms with Crippen LogP contribution in [0.5, 0.6) is 11.5 Å². The van der Waals surface area contributed by atoms with Crippen molar-refractivity contribution in [1.82, 2.24) is 14.4 Å². The number of ether oxygens (including phenoxy) is 2. The summed E-state index contributed by atoms with van der Waals surface area (Å²) in [5.41, 5.74) is 4.28. The third kappa shape index (κ3) is 7.76. The van der Waals surface area contributed by atoms with Crippen molar-refractivity contribution < 1.29 is 22.6 Å². The molecule has 1 aliphatic heterocycles. The van der Waals surface area contributed by atoms with Gasteiger partial charge in [0.1, 0.15) is 18.1 Å². The molecule has 1 aliphatic rings. The molecule has 0 unspecified atom stereocenters. The molecule has 3 aromatic carbocycles. The highest BCUT2D eigenvalue weighted by molar-refractivity contribution is 6.30. The highest BCUT2D eigenvalue weighted by Gasteiger charge is 2.31. The number of nitrogens with zero attached hydrogens (tertiary/aromatic N) is 3. The van der Waals surface area contributed by atoms with Gasteiger partial charge in [0.25, 0.3) is 0 Å². The Bertz CT molecular complexity index is 1410. The van der Waals surface area contributed by atoms with Crippen LogP contribution in [0.1, 0.15) is 25.3 Å². The fraction of sp³-hybridized carbons (Fsp3) is 0.375. The maximum atomic E-state index is 12.7. The number of hydrogen-bond donors (Lipinski definition) is 0. The van der Waals surface area contributed by atoms with E-state index >= 15 is 0 Å². The molecular weight excluding hydrogens is 551 g/mol. The van der Waals surface area contributed by atoms with Gasteiger partial charge in [0.05, 0.1) is 0 Å². The minimum atomic E-state index is -4.71. The molecule has 0 saturated carbocycles. The second-order valence-corrected chi connectivity index (χ2v) is 10.8. The molecule has 4 aromatic rings. The number of aryl methyl sites for hydroxylation is 1. The molecule has 0 aliphatic carbocycles. The van der Waals surface area contributed by atoms with Gasteiger partial charge in [-0.3, -0.25) is 9.80 Å². The number of benzene rings is 3. The van der Waals surface area contributed by atoms with Gasteiger partial charge in [-0.2, -0.15) is 0 Å². The van der Waals surface area contributed by atoms with E-state index in [0.717, 1.165) is 86.4 Å². The molecule has 5 nitrogen and oxygen atoms in total. The monoisotopic (exact) mass is 585 g/mol. The summed E-state index contributed by atoms with van der Waals surface area (Å²) in [5.74, 6) is 0.609. The first-order chi connectivity index (χ1) is 19.8. The van der Waals surface area contributed by atoms with E-state index in [2.05, 4.69) is 50.4 Å². The van der Waals surface area contributed by atoms with Crippen molar-refractivity contribution in [2.24, 2.45) is 0 Å². The van der Waals surface area contributed by atoms with E-state index in [1.54, 1.807) is 12.1 Å². The molecular formula is C32H35ClF3N3O2. The lowest BCUT2D eigenvalue weighted by atomic mass is 10.00. The first-order valence-corrected chi connectivity index (χ1v) is 14.5. The summed E-state index contributed by atoms with van der Waals surface area (Å²) >= 11 is 5.95. The molecule has 0 bridgehead atoms. The number of piperazine rings is 1. The van der Waals surface area contributed by atoms with Crippen LogP contribution in [0.25, 0.3) is 22.0 Å². The Kier molecular flexibility index (Phi) is 9.42. The summed E-state index contributed by atoms with van der Waals surface area (Å²) in [6.07, 6.45) is -0.441. The van der Waals surface area contributed by atoms with Gasteiger partial charge in [-0.25, -0.2) is 0 Å². The molecule has 0 amide bonds. The number of alkyl halides is 3. The summed E-state index contributed by atoms with van der Waals surface area (Å²) in [7, 11) is 0. The normalized spacial score (nSPS) is 15.0. The van der Waals surface area contributed by atoms with Crippen molar-refractivity contribution in [2.75, 3.05) is 39.3 Å². The highest BCUT2D eigenvalue weighted by Crippen LogP contribution is 2.35. The molecule has 1 saturated heterocycles. The van der Waals surface area contributed by atoms with Gasteiger partial charge in [0.2, 0.25) is 0 Å². The van der Waals surface area contributed by atoms with Gasteiger partial charge in [-0.05, 0) is 60.0 Å². The summed E-state index contributed by atoms with van der Waals surface area (Å²) in [4.78, 5) is 4.89. The number of fused-ring (bicyclic) bond motifs is 1. The predicted molar refractivity (Wildman–Crippen MR) is 158 cm³/mol. The number of halogens is 4. The highest BCUT2D eigenvalue weighted by atomic mass is 35.5. The van der Waals surface area contributed by atoms with Crippen LogP contribution in [-0.2, 0) is 13.1 Å². The molecule has 0 atom stereocenters. The molecule has 9 heteroatoms. The summed E-state index contributed by atoms with van der Waals surface area (Å²) < 4.78 is 50.3. The maximum Gasteiger partial charge on any atom is 0.573 e. The molecule has 0 N–H and O–H groups in total. The van der Waals surface area contributed by atoms with E-state index < -0.39 is 6.36 Å². The molecule has 2 heterocycles. The average Bonchev–Trinajstić information content (AvgIpc) is 3.33. The SMILES string of the molecule is CCCCn1cc(-c2ccc(OC(F)(F)F)cc2)c2c(CN3CCN(CCOc4ccc(Cl)cc4)CC3)cccc21. The first-order valence-electron chi connectivity index (χ1n) is 14.1. The zero-order valence-corrected chi connectivity index (χ0v) is 23.9. The minimum Gasteiger partial charge on any atom is -0.492 e. The van der Waals surface area contributed by atoms with E-state index in [4.69, 9.17) is 16.3 Å². The fourth-order valence-electron chi connectivity index (χ4n) is 5.36. The van der Waals surface area contributed by atoms with Gasteiger partial charge < -0.3 is 14.0 Å². The van der Waals surface area contributed by atoms with E-state index in [1.807, 2.05) is 24.3 Å². The van der Waals surface area contributed by atoms with Gasteiger partial charge >= 0.3 is 6.36 Å². The van der Waals surface area contributed by atoms with E-state index in [1.165, 1.54) is 17.7 Å². The number of aromatic nitrogens is 1. The number of hydrogen-bond acceptors (Lipinski definition) is 4. The van der Waals surface area contributed by atoms with Gasteiger partial charge in [-0.1, -0.05) is 49.2 Å². The zero-order chi connectivity index (χ0) is 28.8. The van der Waals surface area contributed by atoms with Crippen molar-refractivity contribution >= 4 is 22.5 Å². The Morgan fingerprint density at radius 3 is 2.20 bits per heavy atom. The predicted octanol–water partition coefficient (Wildman–Crippen LogP) is 7.86. The Morgan fingerprint density at radius 2 is 1.51 bits per heavy atom. The molecule has 1 aromatic heterocycles. The second kappa shape index (κ2) is 13.2. The van der Waals surface area contributed by atoms with Gasteiger partial charge in [-0.15, -0.1) is 13.2 Å². The van der Waals surface area contributed by atoms with Gasteiger partial charge in [0.15, 0.2) is 0 Å². The van der Waals surface area contributed by atoms with Crippen LogP contribution in [-0.4, -0.2) is 60.1 Å². The fourth-order valence-corrected chi connectivity index (χ4v) is 5.49. The van der Waals surface area contributed by atoms with Crippen LogP contribution in [0.3, 0.4) is 0 Å². The van der Waals surface area contributed by atoms with Crippen LogP contribution in [0.4, 0.5) is 13.2 Å². The van der Waals surface area contributed by atoms with Crippen LogP contribution >= 0.6 is 11.6 Å². The Hall–Kier alpha value is -3.20. The zero-order valence-electron chi connectivity index (χ0n) is 23.2. The minimum absolute atomic E-state index is 0.215.